The Bertz CT molecular complexity index is 442. The molecule has 0 saturated heterocycles. The number of aromatic amines is 1. The predicted molar refractivity (Wildman–Crippen MR) is 76.1 cm³/mol. The van der Waals surface area contributed by atoms with Gasteiger partial charge in [0.1, 0.15) is 0 Å². The van der Waals surface area contributed by atoms with Gasteiger partial charge >= 0.3 is 0 Å². The summed E-state index contributed by atoms with van der Waals surface area (Å²) in [6.07, 6.45) is 2.30. The van der Waals surface area contributed by atoms with Crippen LogP contribution in [0.2, 0.25) is 0 Å². The summed E-state index contributed by atoms with van der Waals surface area (Å²) in [5, 5.41) is 19.6. The number of H-pyrrole nitrogens is 1. The molecule has 5 N–H and O–H groups in total. The summed E-state index contributed by atoms with van der Waals surface area (Å²) in [5.74, 6) is -0.130. The molecule has 0 radical (unpaired) electrons. The van der Waals surface area contributed by atoms with E-state index in [9.17, 15) is 9.90 Å². The molecule has 1 heterocycles. The smallest absolute Gasteiger partial charge is 0.223 e. The second-order valence-electron chi connectivity index (χ2n) is 5.71. The molecule has 0 spiro atoms. The van der Waals surface area contributed by atoms with Crippen LogP contribution in [0, 0.1) is 19.8 Å². The maximum Gasteiger partial charge on any atom is 0.223 e. The highest BCUT2D eigenvalue weighted by atomic mass is 16.3. The topological polar surface area (TPSA) is 104 Å². The van der Waals surface area contributed by atoms with Gasteiger partial charge in [0.25, 0.3) is 0 Å². The third kappa shape index (κ3) is 3.37. The number of nitrogens with two attached hydrogens (primary N) is 1. The second kappa shape index (κ2) is 6.37. The molecule has 20 heavy (non-hydrogen) atoms. The van der Waals surface area contributed by atoms with E-state index in [2.05, 4.69) is 15.5 Å². The zero-order valence-electron chi connectivity index (χ0n) is 12.1. The normalized spacial score (nSPS) is 25.9. The van der Waals surface area contributed by atoms with Crippen molar-refractivity contribution in [3.63, 3.8) is 0 Å². The summed E-state index contributed by atoms with van der Waals surface area (Å²) in [6.45, 7) is 4.64. The van der Waals surface area contributed by atoms with Gasteiger partial charge in [-0.3, -0.25) is 9.89 Å². The summed E-state index contributed by atoms with van der Waals surface area (Å²) in [6, 6.07) is -0.262. The fourth-order valence-corrected chi connectivity index (χ4v) is 2.83. The van der Waals surface area contributed by atoms with Gasteiger partial charge in [-0.15, -0.1) is 0 Å². The van der Waals surface area contributed by atoms with Gasteiger partial charge in [-0.2, -0.15) is 5.10 Å². The van der Waals surface area contributed by atoms with E-state index in [0.29, 0.717) is 19.4 Å². The van der Waals surface area contributed by atoms with Crippen molar-refractivity contribution in [1.82, 2.24) is 15.5 Å². The molecule has 0 aromatic carbocycles. The molecule has 1 fully saturated rings. The van der Waals surface area contributed by atoms with Crippen molar-refractivity contribution in [1.29, 1.82) is 0 Å². The molecule has 0 aliphatic heterocycles. The van der Waals surface area contributed by atoms with Crippen molar-refractivity contribution < 1.29 is 9.90 Å². The lowest BCUT2D eigenvalue weighted by Gasteiger charge is -2.10. The molecule has 1 aliphatic rings. The highest BCUT2D eigenvalue weighted by Gasteiger charge is 2.34. The van der Waals surface area contributed by atoms with Crippen LogP contribution in [0.3, 0.4) is 0 Å². The monoisotopic (exact) mass is 280 g/mol. The lowest BCUT2D eigenvalue weighted by Crippen LogP contribution is -2.31. The highest BCUT2D eigenvalue weighted by Crippen LogP contribution is 2.24. The maximum absolute atomic E-state index is 11.9. The Balaban J connectivity index is 1.70. The maximum atomic E-state index is 11.9. The van der Waals surface area contributed by atoms with Crippen molar-refractivity contribution >= 4 is 5.91 Å². The fourth-order valence-electron chi connectivity index (χ4n) is 2.83. The average Bonchev–Trinajstić information content (AvgIpc) is 2.90. The van der Waals surface area contributed by atoms with Gasteiger partial charge in [-0.25, -0.2) is 0 Å². The van der Waals surface area contributed by atoms with Crippen LogP contribution in [0.1, 0.15) is 36.2 Å². The second-order valence-corrected chi connectivity index (χ2v) is 5.71. The van der Waals surface area contributed by atoms with Crippen molar-refractivity contribution in [3.05, 3.63) is 17.0 Å². The molecule has 0 bridgehead atoms. The first-order valence-corrected chi connectivity index (χ1v) is 7.20. The van der Waals surface area contributed by atoms with Gasteiger partial charge in [-0.05, 0) is 45.1 Å². The predicted octanol–water partition coefficient (Wildman–Crippen LogP) is 0.174. The number of carbonyl (C=O) groups is 1. The number of aliphatic hydroxyl groups excluding tert-OH is 1. The van der Waals surface area contributed by atoms with E-state index in [-0.39, 0.29) is 17.9 Å². The molecule has 6 heteroatoms. The van der Waals surface area contributed by atoms with Gasteiger partial charge in [0.05, 0.1) is 11.8 Å². The van der Waals surface area contributed by atoms with Crippen LogP contribution >= 0.6 is 0 Å². The van der Waals surface area contributed by atoms with Crippen LogP contribution in [-0.4, -0.2) is 39.9 Å². The van der Waals surface area contributed by atoms with E-state index in [1.165, 1.54) is 5.56 Å². The third-order valence-electron chi connectivity index (χ3n) is 4.13. The van der Waals surface area contributed by atoms with Crippen molar-refractivity contribution in [3.8, 4) is 0 Å². The molecule has 1 amide bonds. The number of aliphatic hydroxyl groups is 1. The van der Waals surface area contributed by atoms with Crippen molar-refractivity contribution in [2.45, 2.75) is 51.7 Å². The Labute approximate surface area is 119 Å². The van der Waals surface area contributed by atoms with E-state index in [4.69, 9.17) is 5.73 Å². The average molecular weight is 280 g/mol. The van der Waals surface area contributed by atoms with Gasteiger partial charge in [0.2, 0.25) is 5.91 Å². The first-order chi connectivity index (χ1) is 9.49. The zero-order valence-corrected chi connectivity index (χ0v) is 12.1. The summed E-state index contributed by atoms with van der Waals surface area (Å²) < 4.78 is 0. The molecular weight excluding hydrogens is 256 g/mol. The van der Waals surface area contributed by atoms with Crippen LogP contribution in [0.4, 0.5) is 0 Å². The van der Waals surface area contributed by atoms with E-state index in [1.807, 2.05) is 13.8 Å². The Morgan fingerprint density at radius 1 is 1.50 bits per heavy atom. The minimum Gasteiger partial charge on any atom is -0.391 e. The summed E-state index contributed by atoms with van der Waals surface area (Å²) in [7, 11) is 0. The van der Waals surface area contributed by atoms with Crippen molar-refractivity contribution in [2.75, 3.05) is 6.54 Å². The number of nitrogens with one attached hydrogen (secondary N) is 2. The molecule has 1 saturated carbocycles. The molecule has 3 atom stereocenters. The molecule has 2 rings (SSSR count). The first kappa shape index (κ1) is 15.0. The van der Waals surface area contributed by atoms with Gasteiger partial charge in [0, 0.05) is 24.2 Å². The quantitative estimate of drug-likeness (QED) is 0.577. The van der Waals surface area contributed by atoms with Gasteiger partial charge in [0.15, 0.2) is 0 Å². The lowest BCUT2D eigenvalue weighted by molar-refractivity contribution is -0.125. The number of nitrogens with zero attached hydrogens (tertiary/aromatic N) is 1. The Morgan fingerprint density at radius 3 is 2.80 bits per heavy atom. The lowest BCUT2D eigenvalue weighted by atomic mass is 10.1. The largest absolute Gasteiger partial charge is 0.391 e. The van der Waals surface area contributed by atoms with Crippen LogP contribution in [-0.2, 0) is 11.2 Å². The van der Waals surface area contributed by atoms with E-state index in [0.717, 1.165) is 24.2 Å². The fraction of sp³-hybridized carbons (Fsp3) is 0.714. The van der Waals surface area contributed by atoms with Crippen LogP contribution < -0.4 is 11.1 Å². The number of rotatable bonds is 5. The summed E-state index contributed by atoms with van der Waals surface area (Å²) in [4.78, 5) is 11.9. The standard InChI is InChI=1S/C14H24N4O2/c1-8-11(9(2)18-17-8)4-3-5-16-14(20)10-6-12(15)13(19)7-10/h10,12-13,19H,3-7,15H2,1-2H3,(H,16,20)(H,17,18)/t10-,12-,13-/m0/s1. The van der Waals surface area contributed by atoms with Gasteiger partial charge in [-0.1, -0.05) is 0 Å². The summed E-state index contributed by atoms with van der Waals surface area (Å²) >= 11 is 0. The van der Waals surface area contributed by atoms with E-state index >= 15 is 0 Å². The minimum atomic E-state index is -0.540. The molecular formula is C14H24N4O2. The van der Waals surface area contributed by atoms with Gasteiger partial charge < -0.3 is 16.2 Å². The van der Waals surface area contributed by atoms with E-state index < -0.39 is 6.10 Å². The third-order valence-corrected chi connectivity index (χ3v) is 4.13. The molecule has 6 nitrogen and oxygen atoms in total. The number of amides is 1. The zero-order chi connectivity index (χ0) is 14.7. The molecule has 1 aliphatic carbocycles. The summed E-state index contributed by atoms with van der Waals surface area (Å²) in [5.41, 5.74) is 9.07. The number of hydrogen-bond acceptors (Lipinski definition) is 4. The number of aromatic nitrogens is 2. The van der Waals surface area contributed by atoms with Crippen LogP contribution in [0.25, 0.3) is 0 Å². The minimum absolute atomic E-state index is 0.0117. The molecule has 0 unspecified atom stereocenters. The molecule has 1 aromatic heterocycles. The molecule has 1 aromatic rings. The number of hydrogen-bond donors (Lipinski definition) is 4. The number of aryl methyl sites for hydroxylation is 2. The number of carbonyl (C=O) groups excluding carboxylic acids is 1. The van der Waals surface area contributed by atoms with Crippen LogP contribution in [0.5, 0.6) is 0 Å². The Hall–Kier alpha value is -1.40. The van der Waals surface area contributed by atoms with E-state index in [1.54, 1.807) is 0 Å². The Morgan fingerprint density at radius 2 is 2.25 bits per heavy atom. The highest BCUT2D eigenvalue weighted by molar-refractivity contribution is 5.79. The first-order valence-electron chi connectivity index (χ1n) is 7.20. The van der Waals surface area contributed by atoms with Crippen LogP contribution in [0.15, 0.2) is 0 Å². The molecule has 112 valence electrons. The SMILES string of the molecule is Cc1n[nH]c(C)c1CCCNC(=O)[C@H]1C[C@H](N)[C@@H](O)C1. The van der Waals surface area contributed by atoms with Crippen molar-refractivity contribution in [2.24, 2.45) is 11.7 Å². The Kier molecular flexibility index (Phi) is 4.77.